The first-order valence-corrected chi connectivity index (χ1v) is 6.37. The number of nitrogens with one attached hydrogen (secondary N) is 1. The van der Waals surface area contributed by atoms with Crippen molar-refractivity contribution in [2.24, 2.45) is 0 Å². The summed E-state index contributed by atoms with van der Waals surface area (Å²) in [6, 6.07) is 7.79. The quantitative estimate of drug-likeness (QED) is 0.839. The molecule has 0 spiro atoms. The number of halogens is 2. The van der Waals surface area contributed by atoms with E-state index in [0.717, 1.165) is 20.7 Å². The van der Waals surface area contributed by atoms with Gasteiger partial charge in [-0.3, -0.25) is 0 Å². The highest BCUT2D eigenvalue weighted by Crippen LogP contribution is 2.23. The van der Waals surface area contributed by atoms with E-state index < -0.39 is 0 Å². The van der Waals surface area contributed by atoms with Crippen molar-refractivity contribution in [3.05, 3.63) is 45.5 Å². The van der Waals surface area contributed by atoms with E-state index in [-0.39, 0.29) is 6.04 Å². The van der Waals surface area contributed by atoms with Crippen LogP contribution in [0.2, 0.25) is 0 Å². The first kappa shape index (κ1) is 11.7. The second-order valence-electron chi connectivity index (χ2n) is 3.38. The Bertz CT molecular complexity index is 467. The topological polar surface area (TPSA) is 38.1 Å². The van der Waals surface area contributed by atoms with E-state index in [0.29, 0.717) is 0 Å². The number of anilines is 1. The molecule has 1 unspecified atom stereocenters. The number of nitrogens with zero attached hydrogens (tertiary/aromatic N) is 1. The van der Waals surface area contributed by atoms with Crippen molar-refractivity contribution in [3.63, 3.8) is 0 Å². The number of furan rings is 1. The average Bonchev–Trinajstić information content (AvgIpc) is 2.68. The van der Waals surface area contributed by atoms with Crippen LogP contribution in [0.25, 0.3) is 0 Å². The zero-order chi connectivity index (χ0) is 11.5. The lowest BCUT2D eigenvalue weighted by molar-refractivity contribution is 0.471. The van der Waals surface area contributed by atoms with Gasteiger partial charge in [-0.2, -0.15) is 0 Å². The van der Waals surface area contributed by atoms with Gasteiger partial charge in [0.25, 0.3) is 0 Å². The molecule has 2 heterocycles. The van der Waals surface area contributed by atoms with E-state index in [2.05, 4.69) is 42.2 Å². The van der Waals surface area contributed by atoms with Crippen LogP contribution in [0.5, 0.6) is 0 Å². The predicted molar refractivity (Wildman–Crippen MR) is 70.4 cm³/mol. The minimum absolute atomic E-state index is 0.106. The summed E-state index contributed by atoms with van der Waals surface area (Å²) in [5, 5.41) is 3.30. The van der Waals surface area contributed by atoms with Crippen LogP contribution in [-0.2, 0) is 0 Å². The van der Waals surface area contributed by atoms with Crippen molar-refractivity contribution in [1.29, 1.82) is 0 Å². The summed E-state index contributed by atoms with van der Waals surface area (Å²) in [5.74, 6) is 0.884. The smallest absolute Gasteiger partial charge is 0.169 e. The fourth-order valence-corrected chi connectivity index (χ4v) is 1.90. The molecule has 2 aromatic heterocycles. The van der Waals surface area contributed by atoms with E-state index >= 15 is 0 Å². The van der Waals surface area contributed by atoms with Gasteiger partial charge in [0.15, 0.2) is 4.67 Å². The van der Waals surface area contributed by atoms with Gasteiger partial charge in [0.2, 0.25) is 0 Å². The lowest BCUT2D eigenvalue weighted by Crippen LogP contribution is -2.05. The van der Waals surface area contributed by atoms with Crippen LogP contribution >= 0.6 is 31.9 Å². The van der Waals surface area contributed by atoms with Gasteiger partial charge in [-0.15, -0.1) is 0 Å². The summed E-state index contributed by atoms with van der Waals surface area (Å²) < 4.78 is 7.03. The molecule has 3 nitrogen and oxygen atoms in total. The molecule has 0 saturated carbocycles. The molecule has 0 bridgehead atoms. The monoisotopic (exact) mass is 344 g/mol. The molecule has 16 heavy (non-hydrogen) atoms. The van der Waals surface area contributed by atoms with E-state index in [1.807, 2.05) is 31.2 Å². The Morgan fingerprint density at radius 2 is 2.06 bits per heavy atom. The third-order valence-electron chi connectivity index (χ3n) is 2.13. The Hall–Kier alpha value is -0.810. The van der Waals surface area contributed by atoms with E-state index in [4.69, 9.17) is 4.42 Å². The molecular formula is C11H10Br2N2O. The van der Waals surface area contributed by atoms with Gasteiger partial charge in [0, 0.05) is 0 Å². The SMILES string of the molecule is CC(Nc1ccc(Br)nc1)c1ccc(Br)o1. The molecule has 0 aliphatic heterocycles. The molecule has 0 saturated heterocycles. The predicted octanol–water partition coefficient (Wildman–Crippen LogP) is 4.37. The first-order chi connectivity index (χ1) is 7.65. The van der Waals surface area contributed by atoms with Gasteiger partial charge in [0.05, 0.1) is 17.9 Å². The molecule has 2 aromatic rings. The molecule has 0 aliphatic rings. The molecule has 2 rings (SSSR count). The average molecular weight is 346 g/mol. The van der Waals surface area contributed by atoms with Crippen molar-refractivity contribution in [1.82, 2.24) is 4.98 Å². The number of aromatic nitrogens is 1. The summed E-state index contributed by atoms with van der Waals surface area (Å²) in [4.78, 5) is 4.15. The van der Waals surface area contributed by atoms with Crippen LogP contribution in [-0.4, -0.2) is 4.98 Å². The van der Waals surface area contributed by atoms with Gasteiger partial charge in [0.1, 0.15) is 10.4 Å². The summed E-state index contributed by atoms with van der Waals surface area (Å²) in [6.45, 7) is 2.04. The summed E-state index contributed by atoms with van der Waals surface area (Å²) in [6.07, 6.45) is 1.78. The third kappa shape index (κ3) is 2.86. The van der Waals surface area contributed by atoms with Crippen molar-refractivity contribution in [2.75, 3.05) is 5.32 Å². The number of hydrogen-bond donors (Lipinski definition) is 1. The standard InChI is InChI=1S/C11H10Br2N2O/c1-7(9-3-5-11(13)16-9)15-8-2-4-10(12)14-6-8/h2-7,15H,1H3. The highest BCUT2D eigenvalue weighted by atomic mass is 79.9. The maximum atomic E-state index is 5.47. The molecule has 0 aromatic carbocycles. The zero-order valence-electron chi connectivity index (χ0n) is 8.58. The lowest BCUT2D eigenvalue weighted by atomic mass is 10.2. The maximum absolute atomic E-state index is 5.47. The van der Waals surface area contributed by atoms with Gasteiger partial charge in [-0.25, -0.2) is 4.98 Å². The van der Waals surface area contributed by atoms with Gasteiger partial charge in [-0.1, -0.05) is 0 Å². The zero-order valence-corrected chi connectivity index (χ0v) is 11.7. The molecular weight excluding hydrogens is 336 g/mol. The molecule has 0 aliphatic carbocycles. The minimum atomic E-state index is 0.106. The van der Waals surface area contributed by atoms with Crippen LogP contribution in [0.3, 0.4) is 0 Å². The Morgan fingerprint density at radius 3 is 2.62 bits per heavy atom. The van der Waals surface area contributed by atoms with E-state index in [9.17, 15) is 0 Å². The Labute approximate surface area is 111 Å². The lowest BCUT2D eigenvalue weighted by Gasteiger charge is -2.12. The second-order valence-corrected chi connectivity index (χ2v) is 4.97. The van der Waals surface area contributed by atoms with Crippen molar-refractivity contribution in [2.45, 2.75) is 13.0 Å². The second kappa shape index (κ2) is 5.01. The number of pyridine rings is 1. The van der Waals surface area contributed by atoms with Gasteiger partial charge < -0.3 is 9.73 Å². The summed E-state index contributed by atoms with van der Waals surface area (Å²) in [5.41, 5.74) is 0.961. The van der Waals surface area contributed by atoms with Gasteiger partial charge >= 0.3 is 0 Å². The van der Waals surface area contributed by atoms with Crippen molar-refractivity contribution in [3.8, 4) is 0 Å². The molecule has 1 atom stereocenters. The molecule has 0 fully saturated rings. The number of rotatable bonds is 3. The van der Waals surface area contributed by atoms with Gasteiger partial charge in [-0.05, 0) is 63.0 Å². The highest BCUT2D eigenvalue weighted by Gasteiger charge is 2.09. The van der Waals surface area contributed by atoms with Crippen LogP contribution in [0.15, 0.2) is 44.2 Å². The van der Waals surface area contributed by atoms with E-state index in [1.54, 1.807) is 6.20 Å². The Balaban J connectivity index is 2.07. The number of hydrogen-bond acceptors (Lipinski definition) is 3. The highest BCUT2D eigenvalue weighted by molar-refractivity contribution is 9.10. The van der Waals surface area contributed by atoms with Crippen molar-refractivity contribution >= 4 is 37.5 Å². The third-order valence-corrected chi connectivity index (χ3v) is 3.03. The fraction of sp³-hybridized carbons (Fsp3) is 0.182. The largest absolute Gasteiger partial charge is 0.452 e. The molecule has 84 valence electrons. The fourth-order valence-electron chi connectivity index (χ4n) is 1.34. The van der Waals surface area contributed by atoms with Crippen LogP contribution in [0.1, 0.15) is 18.7 Å². The Morgan fingerprint density at radius 1 is 1.25 bits per heavy atom. The van der Waals surface area contributed by atoms with Crippen LogP contribution < -0.4 is 5.32 Å². The summed E-state index contributed by atoms with van der Waals surface area (Å²) in [7, 11) is 0. The molecule has 1 N–H and O–H groups in total. The first-order valence-electron chi connectivity index (χ1n) is 4.78. The van der Waals surface area contributed by atoms with E-state index in [1.165, 1.54) is 0 Å². The molecule has 0 amide bonds. The van der Waals surface area contributed by atoms with Crippen molar-refractivity contribution < 1.29 is 4.42 Å². The van der Waals surface area contributed by atoms with Crippen LogP contribution in [0, 0.1) is 0 Å². The minimum Gasteiger partial charge on any atom is -0.452 e. The maximum Gasteiger partial charge on any atom is 0.169 e. The summed E-state index contributed by atoms with van der Waals surface area (Å²) >= 11 is 6.58. The Kier molecular flexibility index (Phi) is 3.66. The normalized spacial score (nSPS) is 12.4. The van der Waals surface area contributed by atoms with Crippen LogP contribution in [0.4, 0.5) is 5.69 Å². The molecule has 0 radical (unpaired) electrons. The molecule has 5 heteroatoms.